The monoisotopic (exact) mass is 297 g/mol. The van der Waals surface area contributed by atoms with Gasteiger partial charge in [0, 0.05) is 11.0 Å². The molecule has 0 heterocycles. The number of alkyl halides is 3. The van der Waals surface area contributed by atoms with Gasteiger partial charge >= 0.3 is 6.18 Å². The highest BCUT2D eigenvalue weighted by Crippen LogP contribution is 2.37. The molecular formula is C10H11BrF3NO. The van der Waals surface area contributed by atoms with Gasteiger partial charge in [0.15, 0.2) is 0 Å². The van der Waals surface area contributed by atoms with Crippen LogP contribution in [0.15, 0.2) is 22.7 Å². The van der Waals surface area contributed by atoms with Crippen LogP contribution in [0.3, 0.4) is 0 Å². The molecule has 0 aliphatic heterocycles. The summed E-state index contributed by atoms with van der Waals surface area (Å²) in [6.45, 7) is 0.689. The predicted molar refractivity (Wildman–Crippen MR) is 58.6 cm³/mol. The van der Waals surface area contributed by atoms with Crippen LogP contribution in [0.2, 0.25) is 0 Å². The lowest BCUT2D eigenvalue weighted by Crippen LogP contribution is -2.17. The summed E-state index contributed by atoms with van der Waals surface area (Å²) < 4.78 is 43.3. The normalized spacial score (nSPS) is 11.6. The summed E-state index contributed by atoms with van der Waals surface area (Å²) >= 11 is 3.00. The van der Waals surface area contributed by atoms with E-state index in [-0.39, 0.29) is 12.4 Å². The van der Waals surface area contributed by atoms with Gasteiger partial charge in [0.2, 0.25) is 0 Å². The molecule has 90 valence electrons. The molecule has 1 rings (SSSR count). The fourth-order valence-electron chi connectivity index (χ4n) is 1.11. The number of rotatable bonds is 4. The number of hydrogen-bond donors (Lipinski definition) is 1. The fraction of sp³-hybridized carbons (Fsp3) is 0.400. The van der Waals surface area contributed by atoms with E-state index in [1.165, 1.54) is 12.1 Å². The quantitative estimate of drug-likeness (QED) is 0.863. The lowest BCUT2D eigenvalue weighted by atomic mass is 10.2. The van der Waals surface area contributed by atoms with E-state index < -0.39 is 11.7 Å². The molecule has 0 saturated heterocycles. The summed E-state index contributed by atoms with van der Waals surface area (Å²) in [7, 11) is 1.70. The van der Waals surface area contributed by atoms with E-state index in [0.29, 0.717) is 11.0 Å². The minimum Gasteiger partial charge on any atom is -0.492 e. The lowest BCUT2D eigenvalue weighted by molar-refractivity contribution is -0.139. The van der Waals surface area contributed by atoms with E-state index in [4.69, 9.17) is 4.74 Å². The molecule has 1 aromatic rings. The molecule has 0 spiro atoms. The summed E-state index contributed by atoms with van der Waals surface area (Å²) in [6, 6.07) is 3.83. The van der Waals surface area contributed by atoms with Crippen molar-refractivity contribution in [2.75, 3.05) is 20.2 Å². The molecule has 0 fully saturated rings. The topological polar surface area (TPSA) is 21.3 Å². The third kappa shape index (κ3) is 3.68. The third-order valence-electron chi connectivity index (χ3n) is 1.86. The predicted octanol–water partition coefficient (Wildman–Crippen LogP) is 3.07. The van der Waals surface area contributed by atoms with Crippen molar-refractivity contribution >= 4 is 15.9 Å². The molecule has 0 unspecified atom stereocenters. The van der Waals surface area contributed by atoms with E-state index in [0.717, 1.165) is 6.07 Å². The number of likely N-dealkylation sites (N-methyl/N-ethyl adjacent to an activating group) is 1. The molecule has 2 nitrogen and oxygen atoms in total. The molecule has 6 heteroatoms. The minimum absolute atomic E-state index is 0.147. The van der Waals surface area contributed by atoms with Gasteiger partial charge in [-0.05, 0) is 25.2 Å². The zero-order valence-corrected chi connectivity index (χ0v) is 10.2. The second-order valence-electron chi connectivity index (χ2n) is 3.09. The second-order valence-corrected chi connectivity index (χ2v) is 4.01. The van der Waals surface area contributed by atoms with Crippen molar-refractivity contribution in [1.82, 2.24) is 5.32 Å². The molecule has 0 aliphatic rings. The molecule has 0 saturated carbocycles. The van der Waals surface area contributed by atoms with Crippen molar-refractivity contribution in [1.29, 1.82) is 0 Å². The van der Waals surface area contributed by atoms with E-state index in [2.05, 4.69) is 21.2 Å². The molecule has 0 aliphatic carbocycles. The van der Waals surface area contributed by atoms with Gasteiger partial charge in [-0.15, -0.1) is 0 Å². The molecule has 1 N–H and O–H groups in total. The average molecular weight is 298 g/mol. The second kappa shape index (κ2) is 5.54. The number of ether oxygens (including phenoxy) is 1. The first kappa shape index (κ1) is 13.3. The van der Waals surface area contributed by atoms with Crippen LogP contribution >= 0.6 is 15.9 Å². The Morgan fingerprint density at radius 2 is 2.06 bits per heavy atom. The van der Waals surface area contributed by atoms with Crippen LogP contribution in [0, 0.1) is 0 Å². The van der Waals surface area contributed by atoms with E-state index in [1.807, 2.05) is 0 Å². The molecule has 0 radical (unpaired) electrons. The zero-order chi connectivity index (χ0) is 12.2. The Kier molecular flexibility index (Phi) is 4.61. The molecule has 0 amide bonds. The summed E-state index contributed by atoms with van der Waals surface area (Å²) in [4.78, 5) is 0. The largest absolute Gasteiger partial charge is 0.492 e. The molecule has 0 aromatic heterocycles. The van der Waals surface area contributed by atoms with E-state index in [9.17, 15) is 13.2 Å². The molecule has 0 atom stereocenters. The zero-order valence-electron chi connectivity index (χ0n) is 8.57. The van der Waals surface area contributed by atoms with Crippen LogP contribution < -0.4 is 10.1 Å². The van der Waals surface area contributed by atoms with Crippen molar-refractivity contribution < 1.29 is 17.9 Å². The molecule has 0 bridgehead atoms. The first-order valence-corrected chi connectivity index (χ1v) is 5.38. The smallest absolute Gasteiger partial charge is 0.420 e. The van der Waals surface area contributed by atoms with Gasteiger partial charge in [0.05, 0.1) is 5.56 Å². The Labute approximate surface area is 99.9 Å². The van der Waals surface area contributed by atoms with Crippen molar-refractivity contribution in [3.05, 3.63) is 28.2 Å². The molecule has 16 heavy (non-hydrogen) atoms. The fourth-order valence-corrected chi connectivity index (χ4v) is 1.47. The Morgan fingerprint density at radius 1 is 1.38 bits per heavy atom. The van der Waals surface area contributed by atoms with Crippen molar-refractivity contribution in [2.24, 2.45) is 0 Å². The highest BCUT2D eigenvalue weighted by molar-refractivity contribution is 9.10. The third-order valence-corrected chi connectivity index (χ3v) is 2.35. The highest BCUT2D eigenvalue weighted by Gasteiger charge is 2.34. The van der Waals surface area contributed by atoms with Gasteiger partial charge in [-0.25, -0.2) is 0 Å². The van der Waals surface area contributed by atoms with Crippen LogP contribution in [0.25, 0.3) is 0 Å². The van der Waals surface area contributed by atoms with Gasteiger partial charge < -0.3 is 10.1 Å². The number of benzene rings is 1. The Hall–Kier alpha value is -0.750. The summed E-state index contributed by atoms with van der Waals surface area (Å²) in [5.41, 5.74) is -0.766. The lowest BCUT2D eigenvalue weighted by Gasteiger charge is -2.14. The summed E-state index contributed by atoms with van der Waals surface area (Å²) in [5.74, 6) is -0.147. The average Bonchev–Trinajstić information content (AvgIpc) is 2.19. The summed E-state index contributed by atoms with van der Waals surface area (Å²) in [5, 5.41) is 2.79. The molecular weight excluding hydrogens is 287 g/mol. The van der Waals surface area contributed by atoms with Crippen LogP contribution in [0.1, 0.15) is 5.56 Å². The Balaban J connectivity index is 2.90. The maximum Gasteiger partial charge on any atom is 0.420 e. The van der Waals surface area contributed by atoms with E-state index in [1.54, 1.807) is 7.05 Å². The van der Waals surface area contributed by atoms with Gasteiger partial charge in [-0.1, -0.05) is 15.9 Å². The van der Waals surface area contributed by atoms with Gasteiger partial charge in [0.25, 0.3) is 0 Å². The van der Waals surface area contributed by atoms with Crippen LogP contribution in [0.4, 0.5) is 13.2 Å². The standard InChI is InChI=1S/C10H11BrF3NO/c1-15-4-5-16-9-3-2-7(11)6-8(9)10(12,13)14/h2-3,6,15H,4-5H2,1H3. The maximum atomic E-state index is 12.6. The first-order chi connectivity index (χ1) is 7.45. The van der Waals surface area contributed by atoms with Gasteiger partial charge in [0.1, 0.15) is 12.4 Å². The van der Waals surface area contributed by atoms with Crippen molar-refractivity contribution in [2.45, 2.75) is 6.18 Å². The van der Waals surface area contributed by atoms with E-state index >= 15 is 0 Å². The summed E-state index contributed by atoms with van der Waals surface area (Å²) in [6.07, 6.45) is -4.40. The van der Waals surface area contributed by atoms with Crippen LogP contribution in [0.5, 0.6) is 5.75 Å². The van der Waals surface area contributed by atoms with Crippen molar-refractivity contribution in [3.63, 3.8) is 0 Å². The van der Waals surface area contributed by atoms with Crippen molar-refractivity contribution in [3.8, 4) is 5.75 Å². The Bertz CT molecular complexity index is 354. The molecule has 1 aromatic carbocycles. The highest BCUT2D eigenvalue weighted by atomic mass is 79.9. The number of nitrogens with one attached hydrogen (secondary N) is 1. The SMILES string of the molecule is CNCCOc1ccc(Br)cc1C(F)(F)F. The van der Waals surface area contributed by atoms with Gasteiger partial charge in [-0.2, -0.15) is 13.2 Å². The van der Waals surface area contributed by atoms with Crippen LogP contribution in [-0.2, 0) is 6.18 Å². The Morgan fingerprint density at radius 3 is 2.62 bits per heavy atom. The minimum atomic E-state index is -4.40. The maximum absolute atomic E-state index is 12.6. The first-order valence-electron chi connectivity index (χ1n) is 4.59. The number of halogens is 4. The number of hydrogen-bond acceptors (Lipinski definition) is 2. The van der Waals surface area contributed by atoms with Gasteiger partial charge in [-0.3, -0.25) is 0 Å². The van der Waals surface area contributed by atoms with Crippen LogP contribution in [-0.4, -0.2) is 20.2 Å².